The van der Waals surface area contributed by atoms with Gasteiger partial charge >= 0.3 is 0 Å². The van der Waals surface area contributed by atoms with E-state index in [1.165, 1.54) is 5.69 Å². The molecule has 0 fully saturated rings. The highest BCUT2D eigenvalue weighted by molar-refractivity contribution is 5.00. The lowest BCUT2D eigenvalue weighted by atomic mass is 9.88. The monoisotopic (exact) mass is 239 g/mol. The van der Waals surface area contributed by atoms with Crippen LogP contribution in [0.25, 0.3) is 0 Å². The Bertz CT molecular complexity index is 320. The topological polar surface area (TPSA) is 50.1 Å². The molecule has 1 aromatic heterocycles. The molecule has 0 unspecified atom stereocenters. The molecule has 0 radical (unpaired) electrons. The third-order valence-electron chi connectivity index (χ3n) is 3.10. The molecule has 17 heavy (non-hydrogen) atoms. The number of hydrogen-bond donors (Lipinski definition) is 2. The van der Waals surface area contributed by atoms with Crippen molar-refractivity contribution < 1.29 is 5.11 Å². The Labute approximate surface area is 104 Å². The second-order valence-electron chi connectivity index (χ2n) is 5.36. The van der Waals surface area contributed by atoms with Gasteiger partial charge in [0.1, 0.15) is 0 Å². The first kappa shape index (κ1) is 14.2. The number of aliphatic hydroxyl groups excluding tert-OH is 1. The minimum absolute atomic E-state index is 0.259. The van der Waals surface area contributed by atoms with E-state index in [0.29, 0.717) is 6.61 Å². The molecule has 0 aliphatic heterocycles. The molecule has 1 rings (SSSR count). The van der Waals surface area contributed by atoms with Crippen molar-refractivity contribution >= 4 is 0 Å². The Morgan fingerprint density at radius 1 is 1.47 bits per heavy atom. The molecule has 1 aromatic rings. The average Bonchev–Trinajstić information content (AvgIpc) is 2.68. The molecular weight excluding hydrogens is 214 g/mol. The maximum absolute atomic E-state index is 8.83. The smallest absolute Gasteiger partial charge is 0.0492 e. The van der Waals surface area contributed by atoms with Gasteiger partial charge in [0.2, 0.25) is 0 Å². The summed E-state index contributed by atoms with van der Waals surface area (Å²) in [4.78, 5) is 0. The van der Waals surface area contributed by atoms with E-state index in [0.717, 1.165) is 32.4 Å². The first-order chi connectivity index (χ1) is 8.05. The summed E-state index contributed by atoms with van der Waals surface area (Å²) in [7, 11) is 1.97. The van der Waals surface area contributed by atoms with Crippen molar-refractivity contribution in [3.8, 4) is 0 Å². The Morgan fingerprint density at radius 3 is 2.82 bits per heavy atom. The number of aryl methyl sites for hydroxylation is 1. The molecule has 0 atom stereocenters. The van der Waals surface area contributed by atoms with E-state index < -0.39 is 0 Å². The summed E-state index contributed by atoms with van der Waals surface area (Å²) in [5.74, 6) is 0. The maximum atomic E-state index is 8.83. The summed E-state index contributed by atoms with van der Waals surface area (Å²) < 4.78 is 1.92. The molecule has 2 N–H and O–H groups in total. The normalized spacial score (nSPS) is 12.0. The summed E-state index contributed by atoms with van der Waals surface area (Å²) >= 11 is 0. The van der Waals surface area contributed by atoms with Crippen LogP contribution in [-0.2, 0) is 13.5 Å². The number of hydrogen-bond acceptors (Lipinski definition) is 3. The molecular formula is C13H25N3O. The van der Waals surface area contributed by atoms with Gasteiger partial charge < -0.3 is 10.4 Å². The van der Waals surface area contributed by atoms with Crippen LogP contribution in [0.1, 0.15) is 32.4 Å². The number of rotatable bonds is 8. The maximum Gasteiger partial charge on any atom is 0.0492 e. The quantitative estimate of drug-likeness (QED) is 0.673. The molecule has 0 saturated carbocycles. The summed E-state index contributed by atoms with van der Waals surface area (Å²) in [6.07, 6.45) is 4.78. The van der Waals surface area contributed by atoms with Crippen LogP contribution in [0.5, 0.6) is 0 Å². The Hall–Kier alpha value is -0.870. The molecule has 0 aliphatic carbocycles. The number of aliphatic hydroxyl groups is 1. The number of nitrogens with zero attached hydrogens (tertiary/aromatic N) is 2. The number of aromatic nitrogens is 2. The van der Waals surface area contributed by atoms with Crippen molar-refractivity contribution in [2.75, 3.05) is 19.7 Å². The minimum atomic E-state index is 0.259. The van der Waals surface area contributed by atoms with Crippen LogP contribution in [0.4, 0.5) is 0 Å². The van der Waals surface area contributed by atoms with Crippen LogP contribution in [0.3, 0.4) is 0 Å². The van der Waals surface area contributed by atoms with Gasteiger partial charge in [-0.3, -0.25) is 4.68 Å². The molecule has 4 nitrogen and oxygen atoms in total. The van der Waals surface area contributed by atoms with Gasteiger partial charge in [-0.15, -0.1) is 0 Å². The summed E-state index contributed by atoms with van der Waals surface area (Å²) in [5, 5.41) is 16.4. The fraction of sp³-hybridized carbons (Fsp3) is 0.769. The van der Waals surface area contributed by atoms with E-state index in [4.69, 9.17) is 5.11 Å². The van der Waals surface area contributed by atoms with E-state index in [1.54, 1.807) is 0 Å². The van der Waals surface area contributed by atoms with Crippen molar-refractivity contribution in [1.29, 1.82) is 0 Å². The molecule has 0 amide bonds. The van der Waals surface area contributed by atoms with Gasteiger partial charge in [0, 0.05) is 45.1 Å². The van der Waals surface area contributed by atoms with E-state index in [9.17, 15) is 0 Å². The third kappa shape index (κ3) is 5.33. The second-order valence-corrected chi connectivity index (χ2v) is 5.36. The van der Waals surface area contributed by atoms with E-state index in [2.05, 4.69) is 30.3 Å². The summed E-state index contributed by atoms with van der Waals surface area (Å²) in [5.41, 5.74) is 1.51. The highest BCUT2D eigenvalue weighted by atomic mass is 16.2. The summed E-state index contributed by atoms with van der Waals surface area (Å²) in [6.45, 7) is 6.73. The van der Waals surface area contributed by atoms with Gasteiger partial charge in [-0.25, -0.2) is 0 Å². The fourth-order valence-corrected chi connectivity index (χ4v) is 1.94. The molecule has 0 aliphatic rings. The lowest BCUT2D eigenvalue weighted by molar-refractivity contribution is 0.237. The number of nitrogens with one attached hydrogen (secondary N) is 1. The van der Waals surface area contributed by atoms with Crippen molar-refractivity contribution in [3.63, 3.8) is 0 Å². The molecule has 0 bridgehead atoms. The lowest BCUT2D eigenvalue weighted by Gasteiger charge is -2.24. The van der Waals surface area contributed by atoms with Crippen LogP contribution in [-0.4, -0.2) is 34.6 Å². The molecule has 0 saturated heterocycles. The van der Waals surface area contributed by atoms with Crippen LogP contribution < -0.4 is 5.32 Å². The second kappa shape index (κ2) is 6.77. The van der Waals surface area contributed by atoms with Gasteiger partial charge in [0.25, 0.3) is 0 Å². The van der Waals surface area contributed by atoms with Crippen molar-refractivity contribution in [1.82, 2.24) is 15.1 Å². The van der Waals surface area contributed by atoms with Crippen LogP contribution in [0.15, 0.2) is 12.3 Å². The van der Waals surface area contributed by atoms with E-state index in [-0.39, 0.29) is 5.41 Å². The Kier molecular flexibility index (Phi) is 5.65. The van der Waals surface area contributed by atoms with Crippen LogP contribution in [0.2, 0.25) is 0 Å². The van der Waals surface area contributed by atoms with Gasteiger partial charge in [-0.05, 0) is 24.3 Å². The zero-order valence-corrected chi connectivity index (χ0v) is 11.2. The third-order valence-corrected chi connectivity index (χ3v) is 3.10. The van der Waals surface area contributed by atoms with Crippen molar-refractivity contribution in [2.24, 2.45) is 12.5 Å². The van der Waals surface area contributed by atoms with E-state index >= 15 is 0 Å². The van der Waals surface area contributed by atoms with Crippen molar-refractivity contribution in [2.45, 2.75) is 33.1 Å². The predicted octanol–water partition coefficient (Wildman–Crippen LogP) is 1.35. The summed E-state index contributed by atoms with van der Waals surface area (Å²) in [6, 6.07) is 2.05. The van der Waals surface area contributed by atoms with Gasteiger partial charge in [-0.2, -0.15) is 5.10 Å². The largest absolute Gasteiger partial charge is 0.396 e. The van der Waals surface area contributed by atoms with E-state index in [1.807, 2.05) is 17.9 Å². The van der Waals surface area contributed by atoms with Crippen molar-refractivity contribution in [3.05, 3.63) is 18.0 Å². The predicted molar refractivity (Wildman–Crippen MR) is 69.9 cm³/mol. The van der Waals surface area contributed by atoms with Crippen LogP contribution in [0, 0.1) is 5.41 Å². The first-order valence-corrected chi connectivity index (χ1v) is 6.34. The van der Waals surface area contributed by atoms with Gasteiger partial charge in [-0.1, -0.05) is 13.8 Å². The molecule has 0 spiro atoms. The first-order valence-electron chi connectivity index (χ1n) is 6.34. The minimum Gasteiger partial charge on any atom is -0.396 e. The zero-order chi connectivity index (χ0) is 12.7. The Morgan fingerprint density at radius 2 is 2.24 bits per heavy atom. The zero-order valence-electron chi connectivity index (χ0n) is 11.2. The lowest BCUT2D eigenvalue weighted by Crippen LogP contribution is -2.31. The molecule has 1 heterocycles. The standard InChI is InChI=1S/C13H25N3O/c1-13(2,7-4-10-17)11-14-8-5-12-6-9-15-16(12)3/h6,9,14,17H,4-5,7-8,10-11H2,1-3H3. The Balaban J connectivity index is 2.17. The average molecular weight is 239 g/mol. The molecule has 98 valence electrons. The van der Waals surface area contributed by atoms with Gasteiger partial charge in [0.05, 0.1) is 0 Å². The highest BCUT2D eigenvalue weighted by Gasteiger charge is 2.16. The van der Waals surface area contributed by atoms with Gasteiger partial charge in [0.15, 0.2) is 0 Å². The highest BCUT2D eigenvalue weighted by Crippen LogP contribution is 2.20. The SMILES string of the molecule is Cn1nccc1CCNCC(C)(C)CCCO. The molecule has 0 aromatic carbocycles. The fourth-order valence-electron chi connectivity index (χ4n) is 1.94. The van der Waals surface area contributed by atoms with Crippen LogP contribution >= 0.6 is 0 Å². The molecule has 4 heteroatoms.